The number of halogens is 1. The summed E-state index contributed by atoms with van der Waals surface area (Å²) in [6.45, 7) is 6.35. The Labute approximate surface area is 219 Å². The van der Waals surface area contributed by atoms with Crippen LogP contribution in [0.15, 0.2) is 70.0 Å². The number of ether oxygens (including phenoxy) is 1. The highest BCUT2D eigenvalue weighted by Gasteiger charge is 2.17. The Morgan fingerprint density at radius 3 is 2.31 bits per heavy atom. The molecule has 0 saturated carbocycles. The van der Waals surface area contributed by atoms with Gasteiger partial charge < -0.3 is 10.1 Å². The molecule has 35 heavy (non-hydrogen) atoms. The predicted molar refractivity (Wildman–Crippen MR) is 147 cm³/mol. The van der Waals surface area contributed by atoms with E-state index in [-0.39, 0.29) is 10.0 Å². The molecule has 7 nitrogen and oxygen atoms in total. The Kier molecular flexibility index (Phi) is 8.87. The maximum atomic E-state index is 12.8. The molecule has 0 bridgehead atoms. The normalized spacial score (nSPS) is 11.0. The third kappa shape index (κ3) is 7.27. The maximum absolute atomic E-state index is 12.8. The molecule has 0 aliphatic heterocycles. The summed E-state index contributed by atoms with van der Waals surface area (Å²) < 4.78 is 34.4. The standard InChI is InChI=1S/C25H26BrN3O4S2/c1-4-13-33-23-12-6-18(26)15-22(23)24(30)28-25(34)27-19-8-10-21(11-9-19)35(31,32)29-20-7-5-16(2)17(3)14-20/h5-12,14-15,29H,4,13H2,1-3H3,(H2,27,28,30,34). The van der Waals surface area contributed by atoms with Gasteiger partial charge in [-0.05, 0) is 98.2 Å². The number of aryl methyl sites for hydroxylation is 2. The van der Waals surface area contributed by atoms with Crippen molar-refractivity contribution in [3.8, 4) is 5.75 Å². The molecule has 0 heterocycles. The highest BCUT2D eigenvalue weighted by molar-refractivity contribution is 9.10. The zero-order chi connectivity index (χ0) is 25.6. The summed E-state index contributed by atoms with van der Waals surface area (Å²) in [5, 5.41) is 5.59. The third-order valence-electron chi connectivity index (χ3n) is 5.06. The van der Waals surface area contributed by atoms with Gasteiger partial charge in [-0.15, -0.1) is 0 Å². The van der Waals surface area contributed by atoms with Gasteiger partial charge in [0.25, 0.3) is 15.9 Å². The van der Waals surface area contributed by atoms with Crippen LogP contribution in [0.25, 0.3) is 0 Å². The van der Waals surface area contributed by atoms with E-state index >= 15 is 0 Å². The maximum Gasteiger partial charge on any atom is 0.261 e. The number of hydrogen-bond acceptors (Lipinski definition) is 5. The Balaban J connectivity index is 1.65. The van der Waals surface area contributed by atoms with E-state index < -0.39 is 15.9 Å². The highest BCUT2D eigenvalue weighted by Crippen LogP contribution is 2.24. The van der Waals surface area contributed by atoms with Gasteiger partial charge in [0.1, 0.15) is 5.75 Å². The van der Waals surface area contributed by atoms with Crippen LogP contribution in [0.3, 0.4) is 0 Å². The number of rotatable bonds is 8. The van der Waals surface area contributed by atoms with E-state index in [2.05, 4.69) is 31.3 Å². The highest BCUT2D eigenvalue weighted by atomic mass is 79.9. The van der Waals surface area contributed by atoms with Gasteiger partial charge >= 0.3 is 0 Å². The molecule has 0 aliphatic carbocycles. The fraction of sp³-hybridized carbons (Fsp3) is 0.200. The molecule has 3 aromatic carbocycles. The van der Waals surface area contributed by atoms with Crippen molar-refractivity contribution in [3.05, 3.63) is 81.8 Å². The molecule has 0 fully saturated rings. The first-order chi connectivity index (χ1) is 16.6. The van der Waals surface area contributed by atoms with Crippen LogP contribution >= 0.6 is 28.1 Å². The number of carbonyl (C=O) groups is 1. The van der Waals surface area contributed by atoms with Crippen LogP contribution in [-0.4, -0.2) is 26.0 Å². The van der Waals surface area contributed by atoms with Crippen molar-refractivity contribution < 1.29 is 17.9 Å². The molecule has 0 unspecified atom stereocenters. The molecule has 3 rings (SSSR count). The van der Waals surface area contributed by atoms with Gasteiger partial charge in [-0.2, -0.15) is 0 Å². The number of benzene rings is 3. The van der Waals surface area contributed by atoms with Gasteiger partial charge in [0.05, 0.1) is 17.1 Å². The molecule has 0 spiro atoms. The van der Waals surface area contributed by atoms with Crippen LogP contribution < -0.4 is 20.1 Å². The third-order valence-corrected chi connectivity index (χ3v) is 7.15. The molecule has 1 amide bonds. The van der Waals surface area contributed by atoms with E-state index in [1.165, 1.54) is 12.1 Å². The Bertz CT molecular complexity index is 1340. The molecule has 0 radical (unpaired) electrons. The monoisotopic (exact) mass is 575 g/mol. The van der Waals surface area contributed by atoms with Crippen LogP contribution in [0.5, 0.6) is 5.75 Å². The molecule has 184 valence electrons. The summed E-state index contributed by atoms with van der Waals surface area (Å²) >= 11 is 8.63. The number of hydrogen-bond donors (Lipinski definition) is 3. The summed E-state index contributed by atoms with van der Waals surface area (Å²) in [5.41, 5.74) is 3.44. The molecule has 3 N–H and O–H groups in total. The fourth-order valence-corrected chi connectivity index (χ4v) is 4.71. The van der Waals surface area contributed by atoms with E-state index in [0.717, 1.165) is 22.0 Å². The summed E-state index contributed by atoms with van der Waals surface area (Å²) in [4.78, 5) is 12.9. The lowest BCUT2D eigenvalue weighted by atomic mass is 10.1. The molecular formula is C25H26BrN3O4S2. The van der Waals surface area contributed by atoms with Gasteiger partial charge in [-0.1, -0.05) is 28.9 Å². The number of thiocarbonyl (C=S) groups is 1. The second-order valence-corrected chi connectivity index (χ2v) is 10.8. The number of carbonyl (C=O) groups excluding carboxylic acids is 1. The molecule has 10 heteroatoms. The zero-order valence-electron chi connectivity index (χ0n) is 19.5. The van der Waals surface area contributed by atoms with Crippen LogP contribution in [0, 0.1) is 13.8 Å². The van der Waals surface area contributed by atoms with Crippen molar-refractivity contribution in [2.75, 3.05) is 16.6 Å². The second kappa shape index (κ2) is 11.7. The van der Waals surface area contributed by atoms with Crippen LogP contribution in [0.2, 0.25) is 0 Å². The second-order valence-electron chi connectivity index (χ2n) is 7.83. The van der Waals surface area contributed by atoms with Crippen molar-refractivity contribution in [1.82, 2.24) is 5.32 Å². The van der Waals surface area contributed by atoms with Crippen molar-refractivity contribution >= 4 is 60.6 Å². The smallest absolute Gasteiger partial charge is 0.261 e. The van der Waals surface area contributed by atoms with Gasteiger partial charge in [-0.25, -0.2) is 8.42 Å². The first kappa shape index (κ1) is 26.7. The average Bonchev–Trinajstić information content (AvgIpc) is 2.80. The summed E-state index contributed by atoms with van der Waals surface area (Å²) in [5.74, 6) is 0.0351. The largest absolute Gasteiger partial charge is 0.493 e. The minimum absolute atomic E-state index is 0.0697. The molecule has 0 aliphatic rings. The summed E-state index contributed by atoms with van der Waals surface area (Å²) in [7, 11) is -3.76. The molecule has 0 saturated heterocycles. The number of amides is 1. The molecule has 0 atom stereocenters. The van der Waals surface area contributed by atoms with Crippen molar-refractivity contribution in [1.29, 1.82) is 0 Å². The van der Waals surface area contributed by atoms with Gasteiger partial charge in [0.15, 0.2) is 5.11 Å². The Morgan fingerprint density at radius 1 is 0.971 bits per heavy atom. The minimum atomic E-state index is -3.76. The van der Waals surface area contributed by atoms with Crippen molar-refractivity contribution in [2.24, 2.45) is 0 Å². The Hall–Kier alpha value is -2.95. The molecule has 3 aromatic rings. The van der Waals surface area contributed by atoms with Crippen molar-refractivity contribution in [2.45, 2.75) is 32.1 Å². The average molecular weight is 577 g/mol. The van der Waals surface area contributed by atoms with E-state index in [4.69, 9.17) is 17.0 Å². The lowest BCUT2D eigenvalue weighted by Gasteiger charge is -2.14. The lowest BCUT2D eigenvalue weighted by Crippen LogP contribution is -2.34. The van der Waals surface area contributed by atoms with E-state index in [9.17, 15) is 13.2 Å². The van der Waals surface area contributed by atoms with E-state index in [1.807, 2.05) is 26.8 Å². The SMILES string of the molecule is CCCOc1ccc(Br)cc1C(=O)NC(=S)Nc1ccc(S(=O)(=O)Nc2ccc(C)c(C)c2)cc1. The van der Waals surface area contributed by atoms with Gasteiger partial charge in [0.2, 0.25) is 0 Å². The van der Waals surface area contributed by atoms with Crippen molar-refractivity contribution in [3.63, 3.8) is 0 Å². The topological polar surface area (TPSA) is 96.5 Å². The number of nitrogens with one attached hydrogen (secondary N) is 3. The van der Waals surface area contributed by atoms with Crippen LogP contribution in [0.4, 0.5) is 11.4 Å². The van der Waals surface area contributed by atoms with E-state index in [1.54, 1.807) is 42.5 Å². The molecular weight excluding hydrogens is 550 g/mol. The summed E-state index contributed by atoms with van der Waals surface area (Å²) in [6.07, 6.45) is 0.809. The van der Waals surface area contributed by atoms with Crippen LogP contribution in [-0.2, 0) is 10.0 Å². The van der Waals surface area contributed by atoms with E-state index in [0.29, 0.717) is 29.3 Å². The zero-order valence-corrected chi connectivity index (χ0v) is 22.7. The predicted octanol–water partition coefficient (Wildman–Crippen LogP) is 5.78. The minimum Gasteiger partial charge on any atom is -0.493 e. The lowest BCUT2D eigenvalue weighted by molar-refractivity contribution is 0.0973. The number of sulfonamides is 1. The van der Waals surface area contributed by atoms with Gasteiger partial charge in [-0.3, -0.25) is 14.8 Å². The molecule has 0 aromatic heterocycles. The first-order valence-electron chi connectivity index (χ1n) is 10.8. The number of anilines is 2. The Morgan fingerprint density at radius 2 is 1.66 bits per heavy atom. The first-order valence-corrected chi connectivity index (χ1v) is 13.5. The van der Waals surface area contributed by atoms with Gasteiger partial charge in [0, 0.05) is 15.8 Å². The quantitative estimate of drug-likeness (QED) is 0.294. The fourth-order valence-electron chi connectivity index (χ4n) is 3.09. The van der Waals surface area contributed by atoms with Crippen LogP contribution in [0.1, 0.15) is 34.8 Å². The summed E-state index contributed by atoms with van der Waals surface area (Å²) in [6, 6.07) is 16.6.